The number of fused-ring (bicyclic) bond motifs is 4. The van der Waals surface area contributed by atoms with Crippen molar-refractivity contribution in [2.45, 2.75) is 52.5 Å². The second-order valence-electron chi connectivity index (χ2n) is 12.2. The molecule has 2 aliphatic carbocycles. The lowest BCUT2D eigenvalue weighted by molar-refractivity contribution is 0.658. The molecule has 46 heavy (non-hydrogen) atoms. The van der Waals surface area contributed by atoms with Gasteiger partial charge in [0.2, 0.25) is 0 Å². The second kappa shape index (κ2) is 15.5. The van der Waals surface area contributed by atoms with Crippen LogP contribution in [0.25, 0.3) is 11.6 Å². The van der Waals surface area contributed by atoms with Crippen LogP contribution >= 0.6 is 0 Å². The van der Waals surface area contributed by atoms with Gasteiger partial charge < -0.3 is 5.73 Å². The highest BCUT2D eigenvalue weighted by Gasteiger charge is 2.42. The van der Waals surface area contributed by atoms with Crippen LogP contribution < -0.4 is 5.73 Å². The molecule has 1 heteroatoms. The third-order valence-electron chi connectivity index (χ3n) is 9.22. The molecule has 0 saturated heterocycles. The van der Waals surface area contributed by atoms with Crippen molar-refractivity contribution < 1.29 is 0 Å². The standard InChI is InChI=1S/C38H38.C7H9N/c1-5-28(3)25-34-21-12-10-18-33-19-11-13-22-36(33)38(34)29(4)15-14-20-32(6-2)35-24-23-31(27-37(35)38)26-30-16-8-7-9-17-30;8-6-7-4-2-1-3-5-7/h6-25,27-28H,5,26H2,1-4H3;1-5H,6,8H2/b18-10-,20-14-,21-12-,29-15-,32-6+,34-25-;. The van der Waals surface area contributed by atoms with E-state index in [4.69, 9.17) is 5.73 Å². The van der Waals surface area contributed by atoms with Crippen molar-refractivity contribution in [3.8, 4) is 0 Å². The minimum atomic E-state index is -0.414. The van der Waals surface area contributed by atoms with Gasteiger partial charge in [0.1, 0.15) is 0 Å². The fourth-order valence-corrected chi connectivity index (χ4v) is 6.61. The van der Waals surface area contributed by atoms with Crippen LogP contribution in [0.2, 0.25) is 0 Å². The van der Waals surface area contributed by atoms with Gasteiger partial charge in [0.05, 0.1) is 5.41 Å². The first kappa shape index (κ1) is 32.7. The van der Waals surface area contributed by atoms with Gasteiger partial charge in [0.15, 0.2) is 0 Å². The largest absolute Gasteiger partial charge is 0.326 e. The normalized spacial score (nSPS) is 22.4. The molecule has 1 spiro atoms. The van der Waals surface area contributed by atoms with E-state index in [0.717, 1.165) is 12.8 Å². The fraction of sp³-hybridized carbons (Fsp3) is 0.200. The van der Waals surface area contributed by atoms with E-state index in [1.165, 1.54) is 55.7 Å². The third kappa shape index (κ3) is 7.06. The molecule has 0 aliphatic heterocycles. The SMILES string of the molecule is C\C=C1/C=C\C=C(\C)C2(C(=C\C(C)CC)/C=C\C=C/c3ccccc32)c2cc(Cc3ccccc3)ccc21.NCc1ccccc1. The van der Waals surface area contributed by atoms with Crippen LogP contribution in [-0.4, -0.2) is 0 Å². The molecule has 1 nitrogen and oxygen atoms in total. The molecular weight excluding hydrogens is 555 g/mol. The summed E-state index contributed by atoms with van der Waals surface area (Å²) in [6.07, 6.45) is 22.6. The maximum absolute atomic E-state index is 5.35. The summed E-state index contributed by atoms with van der Waals surface area (Å²) in [4.78, 5) is 0. The zero-order valence-corrected chi connectivity index (χ0v) is 27.8. The number of hydrogen-bond donors (Lipinski definition) is 1. The second-order valence-corrected chi connectivity index (χ2v) is 12.2. The summed E-state index contributed by atoms with van der Waals surface area (Å²) in [5.41, 5.74) is 18.0. The van der Waals surface area contributed by atoms with E-state index in [1.807, 2.05) is 30.3 Å². The topological polar surface area (TPSA) is 26.0 Å². The summed E-state index contributed by atoms with van der Waals surface area (Å²) < 4.78 is 0. The van der Waals surface area contributed by atoms with Crippen LogP contribution in [0, 0.1) is 5.92 Å². The molecule has 0 bridgehead atoms. The van der Waals surface area contributed by atoms with Crippen molar-refractivity contribution in [3.63, 3.8) is 0 Å². The van der Waals surface area contributed by atoms with Crippen molar-refractivity contribution >= 4 is 11.6 Å². The monoisotopic (exact) mass is 601 g/mol. The van der Waals surface area contributed by atoms with Gasteiger partial charge in [0, 0.05) is 6.54 Å². The van der Waals surface area contributed by atoms with E-state index in [9.17, 15) is 0 Å². The third-order valence-corrected chi connectivity index (χ3v) is 9.22. The predicted molar refractivity (Wildman–Crippen MR) is 200 cm³/mol. The number of hydrogen-bond acceptors (Lipinski definition) is 1. The lowest BCUT2D eigenvalue weighted by Gasteiger charge is -2.42. The van der Waals surface area contributed by atoms with E-state index in [0.29, 0.717) is 12.5 Å². The maximum atomic E-state index is 5.35. The van der Waals surface area contributed by atoms with Crippen LogP contribution in [0.1, 0.15) is 73.1 Å². The van der Waals surface area contributed by atoms with Crippen LogP contribution in [0.3, 0.4) is 0 Å². The van der Waals surface area contributed by atoms with Gasteiger partial charge in [-0.2, -0.15) is 0 Å². The number of benzene rings is 4. The molecule has 2 unspecified atom stereocenters. The molecule has 4 aromatic rings. The molecule has 4 aromatic carbocycles. The molecule has 0 heterocycles. The average molecular weight is 602 g/mol. The van der Waals surface area contributed by atoms with Crippen molar-refractivity contribution in [2.24, 2.45) is 11.7 Å². The fourth-order valence-electron chi connectivity index (χ4n) is 6.61. The molecule has 0 aromatic heterocycles. The molecule has 232 valence electrons. The molecule has 0 amide bonds. The summed E-state index contributed by atoms with van der Waals surface area (Å²) in [5.74, 6) is 0.466. The molecular formula is C45H47N. The lowest BCUT2D eigenvalue weighted by atomic mass is 9.60. The summed E-state index contributed by atoms with van der Waals surface area (Å²) in [6, 6.07) is 36.9. The van der Waals surface area contributed by atoms with E-state index in [1.54, 1.807) is 0 Å². The van der Waals surface area contributed by atoms with Crippen molar-refractivity contribution in [2.75, 3.05) is 0 Å². The average Bonchev–Trinajstić information content (AvgIpc) is 3.09. The number of allylic oxidation sites excluding steroid dienone is 11. The predicted octanol–water partition coefficient (Wildman–Crippen LogP) is 11.2. The van der Waals surface area contributed by atoms with Gasteiger partial charge >= 0.3 is 0 Å². The summed E-state index contributed by atoms with van der Waals surface area (Å²) >= 11 is 0. The van der Waals surface area contributed by atoms with E-state index >= 15 is 0 Å². The Bertz CT molecular complexity index is 1800. The summed E-state index contributed by atoms with van der Waals surface area (Å²) in [6.45, 7) is 9.72. The van der Waals surface area contributed by atoms with Crippen LogP contribution in [0.15, 0.2) is 163 Å². The Balaban J connectivity index is 0.000000455. The van der Waals surface area contributed by atoms with Gasteiger partial charge in [0.25, 0.3) is 0 Å². The first-order valence-corrected chi connectivity index (χ1v) is 16.6. The van der Waals surface area contributed by atoms with Crippen LogP contribution in [0.5, 0.6) is 0 Å². The van der Waals surface area contributed by atoms with Crippen molar-refractivity contribution in [1.29, 1.82) is 0 Å². The van der Waals surface area contributed by atoms with Gasteiger partial charge in [-0.25, -0.2) is 0 Å². The van der Waals surface area contributed by atoms with E-state index in [-0.39, 0.29) is 0 Å². The Labute approximate surface area is 276 Å². The molecule has 2 aliphatic rings. The van der Waals surface area contributed by atoms with Gasteiger partial charge in [-0.05, 0) is 76.3 Å². The number of nitrogens with two attached hydrogens (primary N) is 1. The highest BCUT2D eigenvalue weighted by atomic mass is 14.5. The van der Waals surface area contributed by atoms with Gasteiger partial charge in [-0.3, -0.25) is 0 Å². The van der Waals surface area contributed by atoms with Crippen molar-refractivity contribution in [3.05, 3.63) is 202 Å². The van der Waals surface area contributed by atoms with Gasteiger partial charge in [-0.1, -0.05) is 184 Å². The summed E-state index contributed by atoms with van der Waals surface area (Å²) in [5, 5.41) is 0. The zero-order valence-electron chi connectivity index (χ0n) is 27.8. The molecule has 6 rings (SSSR count). The van der Waals surface area contributed by atoms with Crippen LogP contribution in [-0.2, 0) is 18.4 Å². The quantitative estimate of drug-likeness (QED) is 0.242. The van der Waals surface area contributed by atoms with E-state index in [2.05, 4.69) is 155 Å². The molecule has 0 radical (unpaired) electrons. The highest BCUT2D eigenvalue weighted by molar-refractivity contribution is 5.82. The van der Waals surface area contributed by atoms with Crippen LogP contribution in [0.4, 0.5) is 0 Å². The Kier molecular flexibility index (Phi) is 11.0. The molecule has 2 N–H and O–H groups in total. The number of rotatable bonds is 5. The minimum Gasteiger partial charge on any atom is -0.326 e. The Morgan fingerprint density at radius 3 is 2.07 bits per heavy atom. The first-order chi connectivity index (χ1) is 22.5. The lowest BCUT2D eigenvalue weighted by Crippen LogP contribution is -2.34. The molecule has 2 atom stereocenters. The molecule has 0 saturated carbocycles. The maximum Gasteiger partial charge on any atom is 0.0670 e. The zero-order chi connectivity index (χ0) is 32.4. The smallest absolute Gasteiger partial charge is 0.0670 e. The minimum absolute atomic E-state index is 0.414. The van der Waals surface area contributed by atoms with Gasteiger partial charge in [-0.15, -0.1) is 0 Å². The first-order valence-electron chi connectivity index (χ1n) is 16.6. The Morgan fingerprint density at radius 1 is 0.717 bits per heavy atom. The Morgan fingerprint density at radius 2 is 1.39 bits per heavy atom. The molecule has 0 fully saturated rings. The van der Waals surface area contributed by atoms with Crippen molar-refractivity contribution in [1.82, 2.24) is 0 Å². The Hall–Kier alpha value is -4.72. The van der Waals surface area contributed by atoms with E-state index < -0.39 is 5.41 Å². The summed E-state index contributed by atoms with van der Waals surface area (Å²) in [7, 11) is 0. The highest BCUT2D eigenvalue weighted by Crippen LogP contribution is 2.51.